The number of hydrogen-bond acceptors (Lipinski definition) is 9. The highest BCUT2D eigenvalue weighted by atomic mass is 32.1. The zero-order valence-electron chi connectivity index (χ0n) is 18.3. The topological polar surface area (TPSA) is 124 Å². The SMILES string of the molecule is O=C(NCCn1nc(-c2cccs2)ccc1=O)C1CCN(c2cc(-n3cncn3)ncn2)CC1. The first-order chi connectivity index (χ1) is 16.7. The summed E-state index contributed by atoms with van der Waals surface area (Å²) in [6.07, 6.45) is 6.00. The van der Waals surface area contributed by atoms with Gasteiger partial charge in [-0.3, -0.25) is 9.59 Å². The zero-order chi connectivity index (χ0) is 23.3. The van der Waals surface area contributed by atoms with Crippen LogP contribution in [0, 0.1) is 5.92 Å². The van der Waals surface area contributed by atoms with Gasteiger partial charge in [-0.2, -0.15) is 10.2 Å². The van der Waals surface area contributed by atoms with Gasteiger partial charge in [0.15, 0.2) is 5.82 Å². The monoisotopic (exact) mass is 477 g/mol. The van der Waals surface area contributed by atoms with Gasteiger partial charge in [0, 0.05) is 37.7 Å². The van der Waals surface area contributed by atoms with Crippen molar-refractivity contribution in [1.82, 2.24) is 39.8 Å². The highest BCUT2D eigenvalue weighted by Crippen LogP contribution is 2.23. The molecular weight excluding hydrogens is 454 g/mol. The van der Waals surface area contributed by atoms with Gasteiger partial charge in [-0.1, -0.05) is 6.07 Å². The third-order valence-corrected chi connectivity index (χ3v) is 6.64. The first kappa shape index (κ1) is 21.9. The second-order valence-electron chi connectivity index (χ2n) is 7.88. The molecule has 0 saturated carbocycles. The van der Waals surface area contributed by atoms with Crippen molar-refractivity contribution >= 4 is 23.1 Å². The molecular formula is C22H23N9O2S. The number of rotatable bonds is 7. The van der Waals surface area contributed by atoms with E-state index in [1.54, 1.807) is 28.4 Å². The number of carbonyl (C=O) groups is 1. The fourth-order valence-electron chi connectivity index (χ4n) is 3.93. The first-order valence-corrected chi connectivity index (χ1v) is 11.9. The van der Waals surface area contributed by atoms with E-state index in [0.29, 0.717) is 18.9 Å². The molecule has 0 radical (unpaired) electrons. The van der Waals surface area contributed by atoms with Gasteiger partial charge in [-0.05, 0) is 30.4 Å². The summed E-state index contributed by atoms with van der Waals surface area (Å²) in [5.74, 6) is 1.38. The minimum atomic E-state index is -0.182. The van der Waals surface area contributed by atoms with Crippen LogP contribution >= 0.6 is 11.3 Å². The molecule has 1 aliphatic rings. The number of thiophene rings is 1. The largest absolute Gasteiger partial charge is 0.356 e. The standard InChI is InChI=1S/C22H23N9O2S/c32-21-4-3-17(18-2-1-11-34-18)28-30(21)10-7-24-22(33)16-5-8-29(9-6-16)19-12-20(26-14-25-19)31-15-23-13-27-31/h1-4,11-16H,5-10H2,(H,24,33). The molecule has 5 heterocycles. The lowest BCUT2D eigenvalue weighted by atomic mass is 9.96. The Labute approximate surface area is 199 Å². The van der Waals surface area contributed by atoms with Gasteiger partial charge in [-0.25, -0.2) is 24.3 Å². The van der Waals surface area contributed by atoms with Crippen LogP contribution in [0.1, 0.15) is 12.8 Å². The van der Waals surface area contributed by atoms with Gasteiger partial charge in [0.2, 0.25) is 5.91 Å². The lowest BCUT2D eigenvalue weighted by Crippen LogP contribution is -2.42. The van der Waals surface area contributed by atoms with Gasteiger partial charge in [-0.15, -0.1) is 11.3 Å². The van der Waals surface area contributed by atoms with E-state index in [1.165, 1.54) is 23.4 Å². The first-order valence-electron chi connectivity index (χ1n) is 11.0. The van der Waals surface area contributed by atoms with Crippen LogP contribution in [-0.4, -0.2) is 60.1 Å². The molecule has 34 heavy (non-hydrogen) atoms. The van der Waals surface area contributed by atoms with Crippen molar-refractivity contribution < 1.29 is 4.79 Å². The van der Waals surface area contributed by atoms with Crippen LogP contribution in [0.25, 0.3) is 16.4 Å². The minimum absolute atomic E-state index is 0.00750. The molecule has 12 heteroatoms. The molecule has 1 amide bonds. The van der Waals surface area contributed by atoms with Gasteiger partial charge >= 0.3 is 0 Å². The van der Waals surface area contributed by atoms with E-state index in [-0.39, 0.29) is 17.4 Å². The third kappa shape index (κ3) is 4.86. The number of nitrogens with zero attached hydrogens (tertiary/aromatic N) is 8. The van der Waals surface area contributed by atoms with Crippen LogP contribution in [0.4, 0.5) is 5.82 Å². The average molecular weight is 478 g/mol. The van der Waals surface area contributed by atoms with E-state index in [0.717, 1.165) is 42.3 Å². The molecule has 1 aliphatic heterocycles. The van der Waals surface area contributed by atoms with Crippen molar-refractivity contribution in [3.05, 3.63) is 65.0 Å². The molecule has 0 aromatic carbocycles. The Morgan fingerprint density at radius 2 is 1.97 bits per heavy atom. The Hall–Kier alpha value is -3.93. The van der Waals surface area contributed by atoms with Crippen LogP contribution in [0.3, 0.4) is 0 Å². The number of nitrogens with one attached hydrogen (secondary N) is 1. The molecule has 0 bridgehead atoms. The Morgan fingerprint density at radius 1 is 1.12 bits per heavy atom. The van der Waals surface area contributed by atoms with Crippen LogP contribution in [0.5, 0.6) is 0 Å². The molecule has 4 aromatic heterocycles. The highest BCUT2D eigenvalue weighted by Gasteiger charge is 2.25. The van der Waals surface area contributed by atoms with E-state index in [1.807, 2.05) is 23.6 Å². The molecule has 1 N–H and O–H groups in total. The molecule has 0 atom stereocenters. The summed E-state index contributed by atoms with van der Waals surface area (Å²) in [7, 11) is 0. The molecule has 174 valence electrons. The number of piperidine rings is 1. The maximum atomic E-state index is 12.7. The van der Waals surface area contributed by atoms with Gasteiger partial charge in [0.1, 0.15) is 30.5 Å². The summed E-state index contributed by atoms with van der Waals surface area (Å²) >= 11 is 1.57. The maximum Gasteiger partial charge on any atom is 0.266 e. The van der Waals surface area contributed by atoms with E-state index in [2.05, 4.69) is 35.4 Å². The van der Waals surface area contributed by atoms with Crippen LogP contribution in [0.15, 0.2) is 59.5 Å². The van der Waals surface area contributed by atoms with Gasteiger partial charge < -0.3 is 10.2 Å². The number of aromatic nitrogens is 7. The Balaban J connectivity index is 1.13. The van der Waals surface area contributed by atoms with Crippen molar-refractivity contribution in [3.8, 4) is 16.4 Å². The Bertz CT molecular complexity index is 1300. The summed E-state index contributed by atoms with van der Waals surface area (Å²) < 4.78 is 2.99. The second-order valence-corrected chi connectivity index (χ2v) is 8.83. The molecule has 1 fully saturated rings. The van der Waals surface area contributed by atoms with E-state index in [4.69, 9.17) is 0 Å². The zero-order valence-corrected chi connectivity index (χ0v) is 19.1. The molecule has 0 spiro atoms. The predicted octanol–water partition coefficient (Wildman–Crippen LogP) is 1.38. The summed E-state index contributed by atoms with van der Waals surface area (Å²) in [4.78, 5) is 40.6. The van der Waals surface area contributed by atoms with E-state index >= 15 is 0 Å². The fourth-order valence-corrected chi connectivity index (χ4v) is 4.62. The number of amides is 1. The predicted molar refractivity (Wildman–Crippen MR) is 127 cm³/mol. The number of anilines is 1. The highest BCUT2D eigenvalue weighted by molar-refractivity contribution is 7.13. The van der Waals surface area contributed by atoms with Crippen molar-refractivity contribution in [1.29, 1.82) is 0 Å². The smallest absolute Gasteiger partial charge is 0.266 e. The maximum absolute atomic E-state index is 12.7. The molecule has 4 aromatic rings. The third-order valence-electron chi connectivity index (χ3n) is 5.74. The van der Waals surface area contributed by atoms with Gasteiger partial charge in [0.05, 0.1) is 11.4 Å². The summed E-state index contributed by atoms with van der Waals surface area (Å²) in [6, 6.07) is 9.02. The van der Waals surface area contributed by atoms with E-state index in [9.17, 15) is 9.59 Å². The van der Waals surface area contributed by atoms with Crippen LogP contribution in [0.2, 0.25) is 0 Å². The molecule has 0 aliphatic carbocycles. The van der Waals surface area contributed by atoms with Crippen molar-refractivity contribution in [2.75, 3.05) is 24.5 Å². The summed E-state index contributed by atoms with van der Waals surface area (Å²) in [6.45, 7) is 2.12. The lowest BCUT2D eigenvalue weighted by molar-refractivity contribution is -0.125. The Morgan fingerprint density at radius 3 is 2.74 bits per heavy atom. The molecule has 5 rings (SSSR count). The minimum Gasteiger partial charge on any atom is -0.356 e. The van der Waals surface area contributed by atoms with E-state index < -0.39 is 0 Å². The van der Waals surface area contributed by atoms with Crippen molar-refractivity contribution in [2.45, 2.75) is 19.4 Å². The number of carbonyl (C=O) groups excluding carboxylic acids is 1. The van der Waals surface area contributed by atoms with Crippen molar-refractivity contribution in [3.63, 3.8) is 0 Å². The molecule has 1 saturated heterocycles. The van der Waals surface area contributed by atoms with Crippen LogP contribution < -0.4 is 15.8 Å². The second kappa shape index (κ2) is 9.91. The summed E-state index contributed by atoms with van der Waals surface area (Å²) in [5.41, 5.74) is 0.572. The average Bonchev–Trinajstić information content (AvgIpc) is 3.60. The van der Waals surface area contributed by atoms with Gasteiger partial charge in [0.25, 0.3) is 5.56 Å². The lowest BCUT2D eigenvalue weighted by Gasteiger charge is -2.32. The quantitative estimate of drug-likeness (QED) is 0.423. The number of hydrogen-bond donors (Lipinski definition) is 1. The molecule has 11 nitrogen and oxygen atoms in total. The fraction of sp³-hybridized carbons (Fsp3) is 0.318. The van der Waals surface area contributed by atoms with Crippen molar-refractivity contribution in [2.24, 2.45) is 5.92 Å². The summed E-state index contributed by atoms with van der Waals surface area (Å²) in [5, 5.41) is 13.5. The Kier molecular flexibility index (Phi) is 6.38. The van der Waals surface area contributed by atoms with Crippen LogP contribution in [-0.2, 0) is 11.3 Å². The molecule has 0 unspecified atom stereocenters. The normalized spacial score (nSPS) is 14.3.